The van der Waals surface area contributed by atoms with Crippen molar-refractivity contribution in [2.24, 2.45) is 0 Å². The highest BCUT2D eigenvalue weighted by atomic mass is 16.5. The van der Waals surface area contributed by atoms with E-state index in [1.807, 2.05) is 0 Å². The van der Waals surface area contributed by atoms with Gasteiger partial charge in [0.25, 0.3) is 0 Å². The Hall–Kier alpha value is -1.92. The lowest BCUT2D eigenvalue weighted by atomic mass is 10.0. The monoisotopic (exact) mass is 816 g/mol. The molecule has 340 valence electrons. The van der Waals surface area contributed by atoms with Gasteiger partial charge in [0.1, 0.15) is 6.10 Å². The number of carbonyl (C=O) groups excluding carboxylic acids is 2. The van der Waals surface area contributed by atoms with Crippen LogP contribution in [0.15, 0.2) is 36.5 Å². The van der Waals surface area contributed by atoms with Crippen molar-refractivity contribution in [1.29, 1.82) is 0 Å². The van der Waals surface area contributed by atoms with E-state index in [2.05, 4.69) is 62.5 Å². The number of unbranched alkanes of at least 4 members (excludes halogenated alkanes) is 28. The topological polar surface area (TPSA) is 95.9 Å². The van der Waals surface area contributed by atoms with Gasteiger partial charge >= 0.3 is 5.97 Å². The molecule has 6 nitrogen and oxygen atoms in total. The zero-order chi connectivity index (χ0) is 42.4. The molecule has 0 radical (unpaired) electrons. The molecule has 0 saturated carbocycles. The summed E-state index contributed by atoms with van der Waals surface area (Å²) in [5.74, 6) is -0.494. The van der Waals surface area contributed by atoms with Gasteiger partial charge in [0.15, 0.2) is 0 Å². The number of amides is 1. The van der Waals surface area contributed by atoms with Crippen LogP contribution < -0.4 is 5.32 Å². The van der Waals surface area contributed by atoms with Crippen LogP contribution in [0.5, 0.6) is 0 Å². The molecule has 0 spiro atoms. The Morgan fingerprint density at radius 1 is 0.500 bits per heavy atom. The summed E-state index contributed by atoms with van der Waals surface area (Å²) in [4.78, 5) is 26.1. The second-order valence-corrected chi connectivity index (χ2v) is 17.2. The first-order valence-corrected chi connectivity index (χ1v) is 25.2. The summed E-state index contributed by atoms with van der Waals surface area (Å²) in [6, 6.07) is -0.705. The minimum atomic E-state index is -0.790. The number of aliphatic hydroxyl groups is 2. The Morgan fingerprint density at radius 2 is 0.879 bits per heavy atom. The Kier molecular flexibility index (Phi) is 44.6. The highest BCUT2D eigenvalue weighted by Gasteiger charge is 2.24. The maximum atomic E-state index is 13.2. The Labute approximate surface area is 360 Å². The fraction of sp³-hybridized carbons (Fsp3) is 0.846. The first kappa shape index (κ1) is 56.1. The summed E-state index contributed by atoms with van der Waals surface area (Å²) in [6.07, 6.45) is 53.5. The number of ether oxygens (including phenoxy) is 1. The van der Waals surface area contributed by atoms with Crippen LogP contribution in [0.4, 0.5) is 0 Å². The van der Waals surface area contributed by atoms with Crippen LogP contribution in [0.2, 0.25) is 0 Å². The molecule has 0 aromatic rings. The summed E-state index contributed by atoms with van der Waals surface area (Å²) in [7, 11) is 0. The minimum Gasteiger partial charge on any atom is -0.462 e. The van der Waals surface area contributed by atoms with Crippen molar-refractivity contribution in [2.45, 2.75) is 277 Å². The van der Waals surface area contributed by atoms with Gasteiger partial charge in [-0.1, -0.05) is 205 Å². The van der Waals surface area contributed by atoms with Crippen LogP contribution in [-0.4, -0.2) is 46.9 Å². The van der Waals surface area contributed by atoms with Gasteiger partial charge in [0, 0.05) is 6.42 Å². The van der Waals surface area contributed by atoms with E-state index in [9.17, 15) is 19.8 Å². The predicted molar refractivity (Wildman–Crippen MR) is 250 cm³/mol. The van der Waals surface area contributed by atoms with Crippen molar-refractivity contribution in [3.05, 3.63) is 36.5 Å². The SMILES string of the molecule is CCCCC/C=C/C=C/CCCCCCC(CC(=O)NC(CO)C(O)CCCCCCCCCCC)OC(=O)CCCCCCCCC/C=C/CCCCCCCC. The summed E-state index contributed by atoms with van der Waals surface area (Å²) >= 11 is 0. The molecule has 1 amide bonds. The molecule has 0 fully saturated rings. The molecule has 0 saturated heterocycles. The number of esters is 1. The number of rotatable bonds is 45. The van der Waals surface area contributed by atoms with Gasteiger partial charge < -0.3 is 20.3 Å². The molecule has 0 aliphatic rings. The van der Waals surface area contributed by atoms with Crippen LogP contribution in [0, 0.1) is 0 Å². The zero-order valence-electron chi connectivity index (χ0n) is 38.7. The van der Waals surface area contributed by atoms with Crippen LogP contribution in [-0.2, 0) is 14.3 Å². The lowest BCUT2D eigenvalue weighted by Gasteiger charge is -2.24. The summed E-state index contributed by atoms with van der Waals surface area (Å²) < 4.78 is 5.92. The number of allylic oxidation sites excluding steroid dienone is 6. The molecule has 0 bridgehead atoms. The van der Waals surface area contributed by atoms with E-state index >= 15 is 0 Å². The molecule has 3 atom stereocenters. The number of carbonyl (C=O) groups is 2. The molecule has 0 heterocycles. The smallest absolute Gasteiger partial charge is 0.306 e. The number of hydrogen-bond donors (Lipinski definition) is 3. The number of nitrogens with one attached hydrogen (secondary N) is 1. The Bertz CT molecular complexity index is 961. The van der Waals surface area contributed by atoms with Crippen LogP contribution in [0.25, 0.3) is 0 Å². The molecule has 58 heavy (non-hydrogen) atoms. The van der Waals surface area contributed by atoms with Crippen molar-refractivity contribution in [3.8, 4) is 0 Å². The van der Waals surface area contributed by atoms with E-state index in [0.29, 0.717) is 19.3 Å². The average Bonchev–Trinajstić information content (AvgIpc) is 3.22. The molecule has 0 aromatic carbocycles. The predicted octanol–water partition coefficient (Wildman–Crippen LogP) is 14.9. The van der Waals surface area contributed by atoms with Crippen molar-refractivity contribution in [1.82, 2.24) is 5.32 Å². The van der Waals surface area contributed by atoms with E-state index in [1.54, 1.807) is 0 Å². The van der Waals surface area contributed by atoms with Gasteiger partial charge in [-0.3, -0.25) is 9.59 Å². The molecular weight excluding hydrogens is 719 g/mol. The van der Waals surface area contributed by atoms with E-state index in [1.165, 1.54) is 135 Å². The first-order valence-electron chi connectivity index (χ1n) is 25.2. The maximum absolute atomic E-state index is 13.2. The van der Waals surface area contributed by atoms with Gasteiger partial charge in [-0.05, 0) is 77.0 Å². The fourth-order valence-corrected chi connectivity index (χ4v) is 7.59. The molecule has 3 N–H and O–H groups in total. The zero-order valence-corrected chi connectivity index (χ0v) is 38.7. The lowest BCUT2D eigenvalue weighted by molar-refractivity contribution is -0.151. The second kappa shape index (κ2) is 46.2. The maximum Gasteiger partial charge on any atom is 0.306 e. The van der Waals surface area contributed by atoms with Gasteiger partial charge in [0.2, 0.25) is 5.91 Å². The normalized spacial score (nSPS) is 13.5. The number of hydrogen-bond acceptors (Lipinski definition) is 5. The summed E-state index contributed by atoms with van der Waals surface area (Å²) in [5.41, 5.74) is 0. The van der Waals surface area contributed by atoms with E-state index in [4.69, 9.17) is 4.74 Å². The third-order valence-corrected chi connectivity index (χ3v) is 11.5. The largest absolute Gasteiger partial charge is 0.462 e. The Morgan fingerprint density at radius 3 is 1.36 bits per heavy atom. The lowest BCUT2D eigenvalue weighted by Crippen LogP contribution is -2.46. The summed E-state index contributed by atoms with van der Waals surface area (Å²) in [5, 5.41) is 23.6. The fourth-order valence-electron chi connectivity index (χ4n) is 7.59. The molecule has 0 aliphatic carbocycles. The minimum absolute atomic E-state index is 0.0640. The molecule has 6 heteroatoms. The molecule has 0 aromatic heterocycles. The van der Waals surface area contributed by atoms with Crippen molar-refractivity contribution >= 4 is 11.9 Å². The third-order valence-electron chi connectivity index (χ3n) is 11.5. The quantitative estimate of drug-likeness (QED) is 0.0246. The average molecular weight is 816 g/mol. The van der Waals surface area contributed by atoms with Gasteiger partial charge in [-0.25, -0.2) is 0 Å². The third kappa shape index (κ3) is 40.8. The first-order chi connectivity index (χ1) is 28.5. The molecule has 3 unspecified atom stereocenters. The van der Waals surface area contributed by atoms with Crippen LogP contribution in [0.1, 0.15) is 258 Å². The van der Waals surface area contributed by atoms with Gasteiger partial charge in [-0.2, -0.15) is 0 Å². The standard InChI is InChI=1S/C52H97NO5/c1-4-7-10-13-16-19-21-23-24-25-26-28-30-33-36-39-42-45-52(57)58-48(43-40-37-34-32-29-27-22-20-17-14-11-8-5-2)46-51(56)53-49(47-54)50(55)44-41-38-35-31-18-15-12-9-6-3/h17,20,22-24,27,48-50,54-55H,4-16,18-19,21,25-26,28-47H2,1-3H3,(H,53,56)/b20-17+,24-23+,27-22+. The van der Waals surface area contributed by atoms with Crippen molar-refractivity contribution in [3.63, 3.8) is 0 Å². The number of aliphatic hydroxyl groups excluding tert-OH is 2. The van der Waals surface area contributed by atoms with Gasteiger partial charge in [0.05, 0.1) is 25.2 Å². The molecule has 0 rings (SSSR count). The van der Waals surface area contributed by atoms with Crippen molar-refractivity contribution < 1.29 is 24.5 Å². The van der Waals surface area contributed by atoms with E-state index < -0.39 is 18.2 Å². The highest BCUT2D eigenvalue weighted by molar-refractivity contribution is 5.77. The van der Waals surface area contributed by atoms with Crippen molar-refractivity contribution in [2.75, 3.05) is 6.61 Å². The Balaban J connectivity index is 4.57. The summed E-state index contributed by atoms with van der Waals surface area (Å²) in [6.45, 7) is 6.43. The van der Waals surface area contributed by atoms with E-state index in [-0.39, 0.29) is 24.9 Å². The van der Waals surface area contributed by atoms with E-state index in [0.717, 1.165) is 77.0 Å². The highest BCUT2D eigenvalue weighted by Crippen LogP contribution is 2.17. The van der Waals surface area contributed by atoms with Gasteiger partial charge in [-0.15, -0.1) is 0 Å². The van der Waals surface area contributed by atoms with Crippen LogP contribution in [0.3, 0.4) is 0 Å². The molecule has 0 aliphatic heterocycles. The second-order valence-electron chi connectivity index (χ2n) is 17.2. The molecular formula is C52H97NO5. The van der Waals surface area contributed by atoms with Crippen LogP contribution >= 0.6 is 0 Å².